The third-order valence-electron chi connectivity index (χ3n) is 4.44. The first-order chi connectivity index (χ1) is 9.72. The summed E-state index contributed by atoms with van der Waals surface area (Å²) in [5.74, 6) is 0. The monoisotopic (exact) mass is 285 g/mol. The maximum atomic E-state index is 6.45. The van der Waals surface area contributed by atoms with Crippen LogP contribution in [0.2, 0.25) is 0 Å². The Morgan fingerprint density at radius 2 is 1.70 bits per heavy atom. The van der Waals surface area contributed by atoms with Crippen LogP contribution in [-0.4, -0.2) is 81.0 Å². The van der Waals surface area contributed by atoms with Gasteiger partial charge in [-0.2, -0.15) is 0 Å². The van der Waals surface area contributed by atoms with Crippen molar-refractivity contribution in [3.8, 4) is 0 Å². The topological polar surface area (TPSA) is 51.0 Å². The van der Waals surface area contributed by atoms with Crippen molar-refractivity contribution >= 4 is 0 Å². The molecule has 0 amide bonds. The Hall–Kier alpha value is -0.200. The summed E-state index contributed by atoms with van der Waals surface area (Å²) in [5, 5.41) is 0. The van der Waals surface area contributed by atoms with Crippen molar-refractivity contribution in [2.45, 2.75) is 31.7 Å². The molecule has 20 heavy (non-hydrogen) atoms. The van der Waals surface area contributed by atoms with Gasteiger partial charge in [-0.05, 0) is 38.9 Å². The van der Waals surface area contributed by atoms with Gasteiger partial charge in [-0.15, -0.1) is 0 Å². The molecule has 0 bridgehead atoms. The molecule has 0 spiro atoms. The Bertz CT molecular complexity index is 262. The fourth-order valence-corrected chi connectivity index (χ4v) is 2.98. The van der Waals surface area contributed by atoms with Crippen LogP contribution < -0.4 is 5.73 Å². The molecule has 0 aromatic heterocycles. The molecule has 0 aromatic rings. The maximum absolute atomic E-state index is 6.45. The average Bonchev–Trinajstić information content (AvgIpc) is 2.48. The van der Waals surface area contributed by atoms with E-state index < -0.39 is 0 Å². The van der Waals surface area contributed by atoms with Crippen molar-refractivity contribution in [2.24, 2.45) is 5.73 Å². The molecule has 2 aliphatic heterocycles. The van der Waals surface area contributed by atoms with Gasteiger partial charge < -0.3 is 20.1 Å². The first kappa shape index (κ1) is 16.2. The standard InChI is InChI=1S/C15H31N3O2/c1-2-5-17-6-3-15(16,4-7-17)14-20-13-10-18-8-11-19-12-9-18/h2-14,16H2,1H3. The minimum atomic E-state index is -0.102. The second-order valence-electron chi connectivity index (χ2n) is 6.21. The molecular weight excluding hydrogens is 254 g/mol. The van der Waals surface area contributed by atoms with Gasteiger partial charge in [-0.1, -0.05) is 6.92 Å². The number of rotatable bonds is 7. The van der Waals surface area contributed by atoms with Crippen LogP contribution >= 0.6 is 0 Å². The molecule has 5 nitrogen and oxygen atoms in total. The van der Waals surface area contributed by atoms with E-state index >= 15 is 0 Å². The second kappa shape index (κ2) is 8.29. The number of piperidine rings is 1. The highest BCUT2D eigenvalue weighted by Crippen LogP contribution is 2.20. The first-order valence-corrected chi connectivity index (χ1v) is 8.11. The Kier molecular flexibility index (Phi) is 6.71. The largest absolute Gasteiger partial charge is 0.379 e. The Morgan fingerprint density at radius 1 is 1.05 bits per heavy atom. The molecule has 2 fully saturated rings. The van der Waals surface area contributed by atoms with Crippen molar-refractivity contribution in [3.63, 3.8) is 0 Å². The van der Waals surface area contributed by atoms with Crippen molar-refractivity contribution < 1.29 is 9.47 Å². The van der Waals surface area contributed by atoms with Crippen molar-refractivity contribution in [1.82, 2.24) is 9.80 Å². The molecule has 0 aromatic carbocycles. The van der Waals surface area contributed by atoms with Crippen LogP contribution in [0, 0.1) is 0 Å². The highest BCUT2D eigenvalue weighted by atomic mass is 16.5. The van der Waals surface area contributed by atoms with Crippen molar-refractivity contribution in [1.29, 1.82) is 0 Å². The molecular formula is C15H31N3O2. The number of nitrogens with two attached hydrogens (primary N) is 1. The van der Waals surface area contributed by atoms with Gasteiger partial charge in [-0.25, -0.2) is 0 Å². The van der Waals surface area contributed by atoms with Gasteiger partial charge in [0.25, 0.3) is 0 Å². The van der Waals surface area contributed by atoms with E-state index in [2.05, 4.69) is 16.7 Å². The second-order valence-corrected chi connectivity index (χ2v) is 6.21. The zero-order valence-corrected chi connectivity index (χ0v) is 13.0. The number of nitrogens with zero attached hydrogens (tertiary/aromatic N) is 2. The van der Waals surface area contributed by atoms with E-state index in [0.29, 0.717) is 6.61 Å². The molecule has 5 heteroatoms. The predicted octanol–water partition coefficient (Wildman–Crippen LogP) is 0.539. The van der Waals surface area contributed by atoms with Gasteiger partial charge in [0, 0.05) is 25.2 Å². The zero-order chi connectivity index (χ0) is 14.3. The lowest BCUT2D eigenvalue weighted by atomic mass is 9.89. The fraction of sp³-hybridized carbons (Fsp3) is 1.00. The van der Waals surface area contributed by atoms with Crippen LogP contribution in [0.5, 0.6) is 0 Å². The smallest absolute Gasteiger partial charge is 0.0647 e. The zero-order valence-electron chi connectivity index (χ0n) is 13.0. The summed E-state index contributed by atoms with van der Waals surface area (Å²) < 4.78 is 11.2. The fourth-order valence-electron chi connectivity index (χ4n) is 2.98. The third-order valence-corrected chi connectivity index (χ3v) is 4.44. The number of hydrogen-bond donors (Lipinski definition) is 1. The summed E-state index contributed by atoms with van der Waals surface area (Å²) in [7, 11) is 0. The lowest BCUT2D eigenvalue weighted by Gasteiger charge is -2.39. The molecule has 2 heterocycles. The van der Waals surface area contributed by atoms with Gasteiger partial charge in [0.05, 0.1) is 26.4 Å². The van der Waals surface area contributed by atoms with E-state index in [1.54, 1.807) is 0 Å². The van der Waals surface area contributed by atoms with Crippen LogP contribution in [0.15, 0.2) is 0 Å². The predicted molar refractivity (Wildman–Crippen MR) is 81.0 cm³/mol. The van der Waals surface area contributed by atoms with Gasteiger partial charge in [-0.3, -0.25) is 4.90 Å². The molecule has 2 N–H and O–H groups in total. The highest BCUT2D eigenvalue weighted by Gasteiger charge is 2.30. The van der Waals surface area contributed by atoms with E-state index in [-0.39, 0.29) is 5.54 Å². The summed E-state index contributed by atoms with van der Waals surface area (Å²) >= 11 is 0. The van der Waals surface area contributed by atoms with E-state index in [9.17, 15) is 0 Å². The van der Waals surface area contributed by atoms with Crippen LogP contribution in [-0.2, 0) is 9.47 Å². The number of hydrogen-bond acceptors (Lipinski definition) is 5. The van der Waals surface area contributed by atoms with Gasteiger partial charge >= 0.3 is 0 Å². The van der Waals surface area contributed by atoms with Crippen LogP contribution in [0.3, 0.4) is 0 Å². The summed E-state index contributed by atoms with van der Waals surface area (Å²) in [6.07, 6.45) is 3.35. The molecule has 2 aliphatic rings. The molecule has 0 unspecified atom stereocenters. The minimum absolute atomic E-state index is 0.102. The summed E-state index contributed by atoms with van der Waals surface area (Å²) in [6.45, 7) is 12.0. The van der Waals surface area contributed by atoms with E-state index in [1.807, 2.05) is 0 Å². The molecule has 118 valence electrons. The third kappa shape index (κ3) is 5.30. The van der Waals surface area contributed by atoms with E-state index in [0.717, 1.165) is 65.4 Å². The van der Waals surface area contributed by atoms with E-state index in [1.165, 1.54) is 13.0 Å². The van der Waals surface area contributed by atoms with Crippen molar-refractivity contribution in [2.75, 3.05) is 65.7 Å². The normalized spacial score (nSPS) is 24.9. The Labute approximate surface area is 123 Å². The first-order valence-electron chi connectivity index (χ1n) is 8.11. The maximum Gasteiger partial charge on any atom is 0.0647 e. The van der Waals surface area contributed by atoms with Crippen molar-refractivity contribution in [3.05, 3.63) is 0 Å². The number of morpholine rings is 1. The molecule has 0 aliphatic carbocycles. The Balaban J connectivity index is 1.56. The Morgan fingerprint density at radius 3 is 2.35 bits per heavy atom. The average molecular weight is 285 g/mol. The molecule has 2 rings (SSSR count). The molecule has 0 saturated carbocycles. The number of likely N-dealkylation sites (tertiary alicyclic amines) is 1. The van der Waals surface area contributed by atoms with Gasteiger partial charge in [0.1, 0.15) is 0 Å². The lowest BCUT2D eigenvalue weighted by molar-refractivity contribution is 0.00616. The molecule has 2 saturated heterocycles. The summed E-state index contributed by atoms with van der Waals surface area (Å²) in [5.41, 5.74) is 6.35. The van der Waals surface area contributed by atoms with Crippen LogP contribution in [0.1, 0.15) is 26.2 Å². The minimum Gasteiger partial charge on any atom is -0.379 e. The van der Waals surface area contributed by atoms with Crippen LogP contribution in [0.4, 0.5) is 0 Å². The lowest BCUT2D eigenvalue weighted by Crippen LogP contribution is -2.53. The molecule has 0 radical (unpaired) electrons. The highest BCUT2D eigenvalue weighted by molar-refractivity contribution is 4.90. The van der Waals surface area contributed by atoms with Gasteiger partial charge in [0.15, 0.2) is 0 Å². The molecule has 0 atom stereocenters. The van der Waals surface area contributed by atoms with Gasteiger partial charge in [0.2, 0.25) is 0 Å². The van der Waals surface area contributed by atoms with E-state index in [4.69, 9.17) is 15.2 Å². The quantitative estimate of drug-likeness (QED) is 0.692. The van der Waals surface area contributed by atoms with Crippen LogP contribution in [0.25, 0.3) is 0 Å². The SMILES string of the molecule is CCCN1CCC(N)(COCCN2CCOCC2)CC1. The summed E-state index contributed by atoms with van der Waals surface area (Å²) in [6, 6.07) is 0. The summed E-state index contributed by atoms with van der Waals surface area (Å²) in [4.78, 5) is 4.91. The number of ether oxygens (including phenoxy) is 2.